The Bertz CT molecular complexity index is 1430. The van der Waals surface area contributed by atoms with E-state index in [0.29, 0.717) is 35.0 Å². The Hall–Kier alpha value is -3.56. The van der Waals surface area contributed by atoms with Gasteiger partial charge in [0.2, 0.25) is 21.8 Å². The molecule has 2 amide bonds. The summed E-state index contributed by atoms with van der Waals surface area (Å²) in [6.07, 6.45) is 1.76. The van der Waals surface area contributed by atoms with Crippen LogP contribution >= 0.6 is 11.6 Å². The second-order valence-corrected chi connectivity index (χ2v) is 12.1. The fraction of sp³-hybridized carbons (Fsp3) is 0.355. The summed E-state index contributed by atoms with van der Waals surface area (Å²) in [7, 11) is -2.06. The van der Waals surface area contributed by atoms with E-state index in [9.17, 15) is 18.0 Å². The molecule has 0 heterocycles. The number of likely N-dealkylation sites (N-methyl/N-ethyl adjacent to an activating group) is 1. The smallest absolute Gasteiger partial charge is 0.243 e. The van der Waals surface area contributed by atoms with Crippen molar-refractivity contribution in [2.24, 2.45) is 0 Å². The molecular weight excluding hydrogens is 562 g/mol. The molecule has 0 radical (unpaired) electrons. The zero-order valence-electron chi connectivity index (χ0n) is 24.0. The van der Waals surface area contributed by atoms with Gasteiger partial charge in [0, 0.05) is 37.5 Å². The van der Waals surface area contributed by atoms with Gasteiger partial charge in [0.15, 0.2) is 0 Å². The van der Waals surface area contributed by atoms with E-state index >= 15 is 0 Å². The molecule has 0 bridgehead atoms. The van der Waals surface area contributed by atoms with Crippen LogP contribution in [0, 0.1) is 6.92 Å². The molecule has 3 aromatic carbocycles. The van der Waals surface area contributed by atoms with E-state index in [4.69, 9.17) is 16.3 Å². The Morgan fingerprint density at radius 3 is 2.34 bits per heavy atom. The lowest BCUT2D eigenvalue weighted by Gasteiger charge is -2.32. The number of carbonyl (C=O) groups excluding carboxylic acids is 2. The van der Waals surface area contributed by atoms with Gasteiger partial charge in [-0.05, 0) is 61.2 Å². The maximum Gasteiger partial charge on any atom is 0.243 e. The normalized spacial score (nSPS) is 11.9. The highest BCUT2D eigenvalue weighted by molar-refractivity contribution is 7.92. The minimum absolute atomic E-state index is 0.0420. The van der Waals surface area contributed by atoms with E-state index in [1.54, 1.807) is 37.1 Å². The van der Waals surface area contributed by atoms with Crippen LogP contribution in [0.15, 0.2) is 72.8 Å². The standard InChI is InChI=1S/C31H38ClN3O5S/c1-5-33-31(37)29(21-24-12-7-6-8-13-24)34(22-25-14-9-15-26(20-25)40-3)30(36)18-11-19-35(41(4,38)39)28-17-10-16-27(32)23(28)2/h6-10,12-17,20,29H,5,11,18-19,21-22H2,1-4H3,(H,33,37). The van der Waals surface area contributed by atoms with Crippen LogP contribution < -0.4 is 14.4 Å². The maximum atomic E-state index is 13.9. The van der Waals surface area contributed by atoms with Gasteiger partial charge < -0.3 is 15.0 Å². The van der Waals surface area contributed by atoms with Crippen molar-refractivity contribution in [3.63, 3.8) is 0 Å². The molecule has 220 valence electrons. The highest BCUT2D eigenvalue weighted by Gasteiger charge is 2.30. The number of ether oxygens (including phenoxy) is 1. The number of benzene rings is 3. The number of hydrogen-bond donors (Lipinski definition) is 1. The second kappa shape index (κ2) is 14.9. The number of hydrogen-bond acceptors (Lipinski definition) is 5. The molecule has 1 N–H and O–H groups in total. The predicted octanol–water partition coefficient (Wildman–Crippen LogP) is 4.98. The molecule has 41 heavy (non-hydrogen) atoms. The number of anilines is 1. The van der Waals surface area contributed by atoms with E-state index in [1.807, 2.05) is 61.5 Å². The van der Waals surface area contributed by atoms with Crippen LogP contribution in [0.4, 0.5) is 5.69 Å². The molecule has 0 aliphatic carbocycles. The maximum absolute atomic E-state index is 13.9. The molecule has 10 heteroatoms. The first kappa shape index (κ1) is 32.0. The van der Waals surface area contributed by atoms with E-state index in [-0.39, 0.29) is 37.7 Å². The number of rotatable bonds is 14. The summed E-state index contributed by atoms with van der Waals surface area (Å²) < 4.78 is 32.0. The van der Waals surface area contributed by atoms with Gasteiger partial charge in [0.05, 0.1) is 19.1 Å². The van der Waals surface area contributed by atoms with Crippen LogP contribution in [0.25, 0.3) is 0 Å². The van der Waals surface area contributed by atoms with E-state index in [0.717, 1.165) is 17.4 Å². The Kier molecular flexibility index (Phi) is 11.6. The number of methoxy groups -OCH3 is 1. The van der Waals surface area contributed by atoms with Crippen molar-refractivity contribution in [1.29, 1.82) is 0 Å². The van der Waals surface area contributed by atoms with Gasteiger partial charge in [0.25, 0.3) is 0 Å². The Morgan fingerprint density at radius 2 is 1.68 bits per heavy atom. The van der Waals surface area contributed by atoms with Gasteiger partial charge in [0.1, 0.15) is 11.8 Å². The highest BCUT2D eigenvalue weighted by Crippen LogP contribution is 2.28. The van der Waals surface area contributed by atoms with Gasteiger partial charge in [-0.3, -0.25) is 13.9 Å². The number of sulfonamides is 1. The first-order valence-electron chi connectivity index (χ1n) is 13.5. The van der Waals surface area contributed by atoms with E-state index in [2.05, 4.69) is 5.32 Å². The number of nitrogens with zero attached hydrogens (tertiary/aromatic N) is 2. The van der Waals surface area contributed by atoms with Gasteiger partial charge in [-0.25, -0.2) is 8.42 Å². The number of carbonyl (C=O) groups is 2. The number of nitrogens with one attached hydrogen (secondary N) is 1. The molecule has 0 saturated heterocycles. The van der Waals surface area contributed by atoms with Gasteiger partial charge in [-0.1, -0.05) is 60.1 Å². The third-order valence-electron chi connectivity index (χ3n) is 6.77. The molecule has 1 unspecified atom stereocenters. The average molecular weight is 600 g/mol. The molecule has 0 aliphatic heterocycles. The molecular formula is C31H38ClN3O5S. The zero-order valence-corrected chi connectivity index (χ0v) is 25.5. The Balaban J connectivity index is 1.90. The second-order valence-electron chi connectivity index (χ2n) is 9.80. The van der Waals surface area contributed by atoms with Crippen LogP contribution in [0.3, 0.4) is 0 Å². The van der Waals surface area contributed by atoms with Crippen LogP contribution in [-0.4, -0.2) is 57.6 Å². The summed E-state index contributed by atoms with van der Waals surface area (Å²) >= 11 is 6.26. The van der Waals surface area contributed by atoms with Crippen molar-refractivity contribution in [2.75, 3.05) is 30.8 Å². The summed E-state index contributed by atoms with van der Waals surface area (Å²) in [5, 5.41) is 3.34. The third kappa shape index (κ3) is 8.96. The quantitative estimate of drug-likeness (QED) is 0.282. The summed E-state index contributed by atoms with van der Waals surface area (Å²) in [5.74, 6) is 0.143. The lowest BCUT2D eigenvalue weighted by Crippen LogP contribution is -2.50. The minimum atomic E-state index is -3.64. The lowest BCUT2D eigenvalue weighted by molar-refractivity contribution is -0.141. The van der Waals surface area contributed by atoms with Gasteiger partial charge in [-0.2, -0.15) is 0 Å². The molecule has 0 saturated carbocycles. The highest BCUT2D eigenvalue weighted by atomic mass is 35.5. The zero-order chi connectivity index (χ0) is 30.0. The summed E-state index contributed by atoms with van der Waals surface area (Å²) in [6.45, 7) is 4.30. The van der Waals surface area contributed by atoms with Crippen molar-refractivity contribution in [2.45, 2.75) is 45.7 Å². The minimum Gasteiger partial charge on any atom is -0.497 e. The Labute approximate surface area is 248 Å². The third-order valence-corrected chi connectivity index (χ3v) is 8.36. The average Bonchev–Trinajstić information content (AvgIpc) is 2.95. The van der Waals surface area contributed by atoms with Crippen LogP contribution in [0.5, 0.6) is 5.75 Å². The number of amides is 2. The van der Waals surface area contributed by atoms with Crippen molar-refractivity contribution in [3.8, 4) is 5.75 Å². The lowest BCUT2D eigenvalue weighted by atomic mass is 10.0. The van der Waals surface area contributed by atoms with Gasteiger partial charge >= 0.3 is 0 Å². The summed E-state index contributed by atoms with van der Waals surface area (Å²) in [6, 6.07) is 21.3. The molecule has 3 rings (SSSR count). The van der Waals surface area contributed by atoms with Crippen molar-refractivity contribution < 1.29 is 22.7 Å². The first-order chi connectivity index (χ1) is 19.5. The van der Waals surface area contributed by atoms with Crippen LogP contribution in [0.2, 0.25) is 5.02 Å². The van der Waals surface area contributed by atoms with E-state index in [1.165, 1.54) is 4.31 Å². The summed E-state index contributed by atoms with van der Waals surface area (Å²) in [4.78, 5) is 28.8. The van der Waals surface area contributed by atoms with Gasteiger partial charge in [-0.15, -0.1) is 0 Å². The predicted molar refractivity (Wildman–Crippen MR) is 164 cm³/mol. The van der Waals surface area contributed by atoms with Crippen LogP contribution in [-0.2, 0) is 32.6 Å². The largest absolute Gasteiger partial charge is 0.497 e. The van der Waals surface area contributed by atoms with Crippen molar-refractivity contribution in [1.82, 2.24) is 10.2 Å². The fourth-order valence-electron chi connectivity index (χ4n) is 4.66. The molecule has 8 nitrogen and oxygen atoms in total. The molecule has 1 atom stereocenters. The van der Waals surface area contributed by atoms with Crippen molar-refractivity contribution >= 4 is 39.1 Å². The topological polar surface area (TPSA) is 96.0 Å². The Morgan fingerprint density at radius 1 is 1.00 bits per heavy atom. The first-order valence-corrected chi connectivity index (χ1v) is 15.7. The monoisotopic (exact) mass is 599 g/mol. The number of halogens is 1. The molecule has 0 aliphatic rings. The summed E-state index contributed by atoms with van der Waals surface area (Å²) in [5.41, 5.74) is 2.86. The SMILES string of the molecule is CCNC(=O)C(Cc1ccccc1)N(Cc1cccc(OC)c1)C(=O)CCCN(c1cccc(Cl)c1C)S(C)(=O)=O. The van der Waals surface area contributed by atoms with Crippen LogP contribution in [0.1, 0.15) is 36.5 Å². The molecule has 3 aromatic rings. The molecule has 0 aromatic heterocycles. The molecule has 0 spiro atoms. The fourth-order valence-corrected chi connectivity index (χ4v) is 5.85. The molecule has 0 fully saturated rings. The van der Waals surface area contributed by atoms with Crippen molar-refractivity contribution in [3.05, 3.63) is 94.5 Å². The van der Waals surface area contributed by atoms with E-state index < -0.39 is 16.1 Å².